The maximum atomic E-state index is 11.1. The quantitative estimate of drug-likeness (QED) is 0.780. The van der Waals surface area contributed by atoms with Crippen LogP contribution in [0.25, 0.3) is 0 Å². The molecule has 0 bridgehead atoms. The average Bonchev–Trinajstić information content (AvgIpc) is 2.71. The third kappa shape index (κ3) is 4.37. The monoisotopic (exact) mass is 356 g/mol. The van der Waals surface area contributed by atoms with Crippen LogP contribution in [0.3, 0.4) is 0 Å². The van der Waals surface area contributed by atoms with Gasteiger partial charge in [-0.15, -0.1) is 0 Å². The fourth-order valence-corrected chi connectivity index (χ4v) is 3.13. The van der Waals surface area contributed by atoms with Crippen LogP contribution in [0.15, 0.2) is 16.6 Å². The zero-order valence-corrected chi connectivity index (χ0v) is 13.8. The summed E-state index contributed by atoms with van der Waals surface area (Å²) in [4.78, 5) is 11.1. The summed E-state index contributed by atoms with van der Waals surface area (Å²) >= 11 is 3.41. The highest BCUT2D eigenvalue weighted by Gasteiger charge is 2.20. The molecule has 2 rings (SSSR count). The van der Waals surface area contributed by atoms with E-state index in [-0.39, 0.29) is 11.7 Å². The Morgan fingerprint density at radius 2 is 1.95 bits per heavy atom. The molecule has 1 aliphatic rings. The molecule has 5 heteroatoms. The fraction of sp³-hybridized carbons (Fsp3) is 0.562. The van der Waals surface area contributed by atoms with Crippen molar-refractivity contribution in [2.45, 2.75) is 51.6 Å². The van der Waals surface area contributed by atoms with Crippen molar-refractivity contribution in [3.63, 3.8) is 0 Å². The third-order valence-electron chi connectivity index (χ3n) is 3.64. The lowest BCUT2D eigenvalue weighted by atomic mass is 10.1. The molecule has 1 saturated carbocycles. The minimum Gasteiger partial charge on any atom is -0.490 e. The maximum absolute atomic E-state index is 11.1. The van der Waals surface area contributed by atoms with Crippen LogP contribution in [0.5, 0.6) is 11.5 Å². The van der Waals surface area contributed by atoms with Gasteiger partial charge < -0.3 is 14.6 Å². The maximum Gasteiger partial charge on any atom is 0.335 e. The highest BCUT2D eigenvalue weighted by Crippen LogP contribution is 2.39. The first-order valence-electron chi connectivity index (χ1n) is 7.48. The van der Waals surface area contributed by atoms with Crippen LogP contribution in [0, 0.1) is 0 Å². The summed E-state index contributed by atoms with van der Waals surface area (Å²) < 4.78 is 12.3. The molecule has 0 heterocycles. The van der Waals surface area contributed by atoms with Gasteiger partial charge in [-0.3, -0.25) is 0 Å². The Balaban J connectivity index is 2.25. The molecule has 1 aromatic rings. The van der Waals surface area contributed by atoms with Crippen molar-refractivity contribution in [2.24, 2.45) is 0 Å². The summed E-state index contributed by atoms with van der Waals surface area (Å²) in [6, 6.07) is 3.10. The number of aromatic carboxylic acids is 1. The van der Waals surface area contributed by atoms with Gasteiger partial charge in [-0.05, 0) is 60.7 Å². The number of carbonyl (C=O) groups is 1. The molecule has 1 N–H and O–H groups in total. The molecule has 0 aromatic heterocycles. The second kappa shape index (κ2) is 7.69. The van der Waals surface area contributed by atoms with Gasteiger partial charge in [0, 0.05) is 0 Å². The molecular weight excluding hydrogens is 336 g/mol. The first kappa shape index (κ1) is 16.1. The summed E-state index contributed by atoms with van der Waals surface area (Å²) in [7, 11) is 0. The number of rotatable bonds is 5. The van der Waals surface area contributed by atoms with Gasteiger partial charge in [0.25, 0.3) is 0 Å². The first-order chi connectivity index (χ1) is 10.1. The SMILES string of the molecule is CCOc1cc(C(=O)O)cc(Br)c1OC1CCCCCC1. The predicted molar refractivity (Wildman–Crippen MR) is 84.4 cm³/mol. The second-order valence-electron chi connectivity index (χ2n) is 5.25. The van der Waals surface area contributed by atoms with E-state index < -0.39 is 5.97 Å². The smallest absolute Gasteiger partial charge is 0.335 e. The van der Waals surface area contributed by atoms with E-state index in [0.29, 0.717) is 22.6 Å². The molecule has 0 spiro atoms. The summed E-state index contributed by atoms with van der Waals surface area (Å²) in [6.07, 6.45) is 7.14. The Kier molecular flexibility index (Phi) is 5.91. The Hall–Kier alpha value is -1.23. The van der Waals surface area contributed by atoms with E-state index in [0.717, 1.165) is 12.8 Å². The predicted octanol–water partition coefficient (Wildman–Crippen LogP) is 4.65. The summed E-state index contributed by atoms with van der Waals surface area (Å²) in [5, 5.41) is 9.13. The molecule has 0 aliphatic heterocycles. The van der Waals surface area contributed by atoms with E-state index in [1.807, 2.05) is 6.92 Å². The Labute approximate surface area is 133 Å². The van der Waals surface area contributed by atoms with Crippen molar-refractivity contribution in [2.75, 3.05) is 6.61 Å². The van der Waals surface area contributed by atoms with Crippen LogP contribution < -0.4 is 9.47 Å². The molecule has 1 aromatic carbocycles. The van der Waals surface area contributed by atoms with E-state index in [4.69, 9.17) is 14.6 Å². The van der Waals surface area contributed by atoms with Crippen LogP contribution in [-0.4, -0.2) is 23.8 Å². The largest absolute Gasteiger partial charge is 0.490 e. The van der Waals surface area contributed by atoms with Crippen molar-refractivity contribution < 1.29 is 19.4 Å². The second-order valence-corrected chi connectivity index (χ2v) is 6.11. The highest BCUT2D eigenvalue weighted by atomic mass is 79.9. The van der Waals surface area contributed by atoms with Crippen LogP contribution in [0.2, 0.25) is 0 Å². The van der Waals surface area contributed by atoms with E-state index in [9.17, 15) is 4.79 Å². The number of carboxylic acids is 1. The lowest BCUT2D eigenvalue weighted by molar-refractivity contribution is 0.0696. The van der Waals surface area contributed by atoms with Crippen LogP contribution >= 0.6 is 15.9 Å². The van der Waals surface area contributed by atoms with Gasteiger partial charge in [0.1, 0.15) is 0 Å². The number of carboxylic acid groups (broad SMARTS) is 1. The van der Waals surface area contributed by atoms with E-state index in [2.05, 4.69) is 15.9 Å². The van der Waals surface area contributed by atoms with Crippen molar-refractivity contribution in [1.82, 2.24) is 0 Å². The Morgan fingerprint density at radius 3 is 2.52 bits per heavy atom. The zero-order chi connectivity index (χ0) is 15.2. The lowest BCUT2D eigenvalue weighted by Gasteiger charge is -2.21. The number of benzene rings is 1. The number of ether oxygens (including phenoxy) is 2. The van der Waals surface area contributed by atoms with Gasteiger partial charge in [0.2, 0.25) is 0 Å². The molecule has 0 unspecified atom stereocenters. The molecule has 1 aliphatic carbocycles. The van der Waals surface area contributed by atoms with Gasteiger partial charge in [0.15, 0.2) is 11.5 Å². The van der Waals surface area contributed by atoms with E-state index in [1.54, 1.807) is 6.07 Å². The Morgan fingerprint density at radius 1 is 1.29 bits per heavy atom. The van der Waals surface area contributed by atoms with Crippen LogP contribution in [0.4, 0.5) is 0 Å². The molecule has 0 amide bonds. The summed E-state index contributed by atoms with van der Waals surface area (Å²) in [5.74, 6) is 0.139. The molecule has 0 saturated heterocycles. The van der Waals surface area contributed by atoms with Gasteiger partial charge in [-0.1, -0.05) is 12.8 Å². The van der Waals surface area contributed by atoms with Crippen LogP contribution in [-0.2, 0) is 0 Å². The number of hydrogen-bond donors (Lipinski definition) is 1. The topological polar surface area (TPSA) is 55.8 Å². The van der Waals surface area contributed by atoms with Crippen molar-refractivity contribution in [1.29, 1.82) is 0 Å². The summed E-state index contributed by atoms with van der Waals surface area (Å²) in [6.45, 7) is 2.34. The molecule has 21 heavy (non-hydrogen) atoms. The minimum atomic E-state index is -0.974. The average molecular weight is 357 g/mol. The molecular formula is C16H21BrO4. The zero-order valence-electron chi connectivity index (χ0n) is 12.2. The van der Waals surface area contributed by atoms with Gasteiger partial charge in [-0.2, -0.15) is 0 Å². The van der Waals surface area contributed by atoms with Gasteiger partial charge in [0.05, 0.1) is 22.7 Å². The molecule has 4 nitrogen and oxygen atoms in total. The molecule has 0 radical (unpaired) electrons. The van der Waals surface area contributed by atoms with Crippen molar-refractivity contribution in [3.05, 3.63) is 22.2 Å². The normalized spacial score (nSPS) is 16.3. The molecule has 1 fully saturated rings. The number of halogens is 1. The number of hydrogen-bond acceptors (Lipinski definition) is 3. The van der Waals surface area contributed by atoms with E-state index >= 15 is 0 Å². The standard InChI is InChI=1S/C16H21BrO4/c1-2-20-14-10-11(16(18)19)9-13(17)15(14)21-12-7-5-3-4-6-8-12/h9-10,12H,2-8H2,1H3,(H,18,19). The highest BCUT2D eigenvalue weighted by molar-refractivity contribution is 9.10. The Bertz CT molecular complexity index is 493. The van der Waals surface area contributed by atoms with Gasteiger partial charge in [-0.25, -0.2) is 4.79 Å². The van der Waals surface area contributed by atoms with E-state index in [1.165, 1.54) is 31.7 Å². The van der Waals surface area contributed by atoms with Crippen molar-refractivity contribution >= 4 is 21.9 Å². The third-order valence-corrected chi connectivity index (χ3v) is 4.23. The minimum absolute atomic E-state index is 0.179. The van der Waals surface area contributed by atoms with Crippen molar-refractivity contribution in [3.8, 4) is 11.5 Å². The first-order valence-corrected chi connectivity index (χ1v) is 8.27. The van der Waals surface area contributed by atoms with Crippen LogP contribution in [0.1, 0.15) is 55.8 Å². The molecule has 0 atom stereocenters. The summed E-state index contributed by atoms with van der Waals surface area (Å²) in [5.41, 5.74) is 0.193. The van der Waals surface area contributed by atoms with Gasteiger partial charge >= 0.3 is 5.97 Å². The lowest BCUT2D eigenvalue weighted by Crippen LogP contribution is -2.16. The fourth-order valence-electron chi connectivity index (χ4n) is 2.60. The molecule has 116 valence electrons.